The molecule has 1 aromatic carbocycles. The second-order valence-corrected chi connectivity index (χ2v) is 9.40. The van der Waals surface area contributed by atoms with Crippen LogP contribution in [0, 0.1) is 5.82 Å². The van der Waals surface area contributed by atoms with Gasteiger partial charge >= 0.3 is 0 Å². The van der Waals surface area contributed by atoms with E-state index in [0.717, 1.165) is 11.3 Å². The maximum absolute atomic E-state index is 16.2. The number of nitrogens with one attached hydrogen (secondary N) is 3. The third-order valence-corrected chi connectivity index (χ3v) is 6.52. The van der Waals surface area contributed by atoms with Crippen LogP contribution in [0.3, 0.4) is 0 Å². The van der Waals surface area contributed by atoms with Gasteiger partial charge in [-0.25, -0.2) is 13.8 Å². The summed E-state index contributed by atoms with van der Waals surface area (Å²) in [6.07, 6.45) is 10.3. The van der Waals surface area contributed by atoms with E-state index in [2.05, 4.69) is 38.6 Å². The highest BCUT2D eigenvalue weighted by atomic mass is 19.1. The Morgan fingerprint density at radius 3 is 2.60 bits per heavy atom. The molecule has 9 heteroatoms. The number of aromatic nitrogens is 5. The summed E-state index contributed by atoms with van der Waals surface area (Å²) >= 11 is 0. The number of nitrogens with zero attached hydrogens (tertiary/aromatic N) is 4. The maximum atomic E-state index is 16.2. The Morgan fingerprint density at radius 1 is 1.18 bits per heavy atom. The minimum absolute atomic E-state index is 0.199. The summed E-state index contributed by atoms with van der Waals surface area (Å²) in [5.74, 6) is -0.550. The topological polar surface area (TPSA) is 85.5 Å². The average molecular weight is 542 g/mol. The molecule has 0 aliphatic rings. The Hall–Kier alpha value is -4.63. The van der Waals surface area contributed by atoms with Crippen molar-refractivity contribution in [2.24, 2.45) is 0 Å². The second-order valence-electron chi connectivity index (χ2n) is 9.40. The minimum atomic E-state index is -0.538. The number of fused-ring (bicyclic) bond motifs is 1. The molecule has 0 spiro atoms. The van der Waals surface area contributed by atoms with Crippen molar-refractivity contribution in [1.82, 2.24) is 35.4 Å². The molecule has 0 fully saturated rings. The number of hydrogen-bond donors (Lipinski definition) is 3. The van der Waals surface area contributed by atoms with E-state index in [4.69, 9.17) is 4.98 Å². The highest BCUT2D eigenvalue weighted by Gasteiger charge is 2.19. The molecule has 3 N–H and O–H groups in total. The highest BCUT2D eigenvalue weighted by molar-refractivity contribution is 5.92. The highest BCUT2D eigenvalue weighted by Crippen LogP contribution is 2.30. The second kappa shape index (κ2) is 12.0. The standard InChI is InChI=1S/C31H33F2N7/c1-8-20(14-23(9-2)40(6)7)18(4)28(33)27-25(10-3)38-39-30(27)31-36-26-17-35-16-24(29(26)37-31)21-11-19(15-34-5)12-22(32)13-21/h8-14,16-17,34,38H,2,4,15H2,1,3,5-7H3,(H,36,37)/b20-8+,23-14+,25-10+,28-27-. The Bertz CT molecular complexity index is 1770. The average Bonchev–Trinajstić information content (AvgIpc) is 3.56. The van der Waals surface area contributed by atoms with Gasteiger partial charge in [0.15, 0.2) is 5.82 Å². The first-order valence-electron chi connectivity index (χ1n) is 12.8. The van der Waals surface area contributed by atoms with Crippen LogP contribution < -0.4 is 15.9 Å². The molecule has 0 saturated heterocycles. The number of pyridine rings is 1. The molecule has 206 valence electrons. The van der Waals surface area contributed by atoms with Crippen LogP contribution in [-0.4, -0.2) is 51.2 Å². The van der Waals surface area contributed by atoms with Gasteiger partial charge in [0.25, 0.3) is 0 Å². The zero-order valence-corrected chi connectivity index (χ0v) is 23.4. The number of halogens is 2. The molecule has 0 aliphatic heterocycles. The zero-order chi connectivity index (χ0) is 29.0. The lowest BCUT2D eigenvalue weighted by Crippen LogP contribution is -2.26. The van der Waals surface area contributed by atoms with E-state index < -0.39 is 5.83 Å². The predicted molar refractivity (Wildman–Crippen MR) is 158 cm³/mol. The van der Waals surface area contributed by atoms with Crippen LogP contribution in [0.15, 0.2) is 78.8 Å². The fraction of sp³-hybridized carbons (Fsp3) is 0.194. The first kappa shape index (κ1) is 28.4. The third-order valence-electron chi connectivity index (χ3n) is 6.52. The van der Waals surface area contributed by atoms with E-state index >= 15 is 4.39 Å². The van der Waals surface area contributed by atoms with Crippen LogP contribution in [-0.2, 0) is 6.54 Å². The summed E-state index contributed by atoms with van der Waals surface area (Å²) in [6, 6.07) is 4.82. The third kappa shape index (κ3) is 5.55. The largest absolute Gasteiger partial charge is 0.378 e. The molecule has 40 heavy (non-hydrogen) atoms. The van der Waals surface area contributed by atoms with Gasteiger partial charge in [-0.2, -0.15) is 5.10 Å². The lowest BCUT2D eigenvalue weighted by Gasteiger charge is -2.15. The van der Waals surface area contributed by atoms with Gasteiger partial charge in [0.1, 0.15) is 17.3 Å². The van der Waals surface area contributed by atoms with Gasteiger partial charge in [-0.05, 0) is 67.9 Å². The lowest BCUT2D eigenvalue weighted by molar-refractivity contribution is 0.530. The van der Waals surface area contributed by atoms with E-state index in [9.17, 15) is 4.39 Å². The van der Waals surface area contributed by atoms with Gasteiger partial charge in [0.2, 0.25) is 0 Å². The smallest absolute Gasteiger partial charge is 0.159 e. The van der Waals surface area contributed by atoms with Crippen molar-refractivity contribution in [3.8, 4) is 22.6 Å². The van der Waals surface area contributed by atoms with Gasteiger partial charge in [-0.1, -0.05) is 25.3 Å². The SMILES string of the molecule is C=C/C(=C\C(=C/C)C(=C)/C(F)=c1/c(-c2nc3c(-c4cc(F)cc(CNC)c4)cncc3[nH]2)n[nH]/c1=C/C)N(C)C. The van der Waals surface area contributed by atoms with Crippen molar-refractivity contribution in [3.05, 3.63) is 101 Å². The number of rotatable bonds is 9. The number of imidazole rings is 1. The van der Waals surface area contributed by atoms with Gasteiger partial charge in [-0.3, -0.25) is 10.1 Å². The molecular weight excluding hydrogens is 508 g/mol. The van der Waals surface area contributed by atoms with Crippen molar-refractivity contribution in [3.63, 3.8) is 0 Å². The van der Waals surface area contributed by atoms with E-state index in [1.807, 2.05) is 38.1 Å². The quantitative estimate of drug-likeness (QED) is 0.263. The molecule has 4 aromatic rings. The van der Waals surface area contributed by atoms with Crippen molar-refractivity contribution in [2.45, 2.75) is 20.4 Å². The Morgan fingerprint density at radius 2 is 1.95 bits per heavy atom. The van der Waals surface area contributed by atoms with E-state index in [-0.39, 0.29) is 16.6 Å². The minimum Gasteiger partial charge on any atom is -0.378 e. The molecule has 0 unspecified atom stereocenters. The molecule has 0 atom stereocenters. The first-order chi connectivity index (χ1) is 19.2. The summed E-state index contributed by atoms with van der Waals surface area (Å²) in [5, 5.41) is 11.1. The van der Waals surface area contributed by atoms with Gasteiger partial charge in [0.05, 0.1) is 27.8 Å². The van der Waals surface area contributed by atoms with Crippen molar-refractivity contribution >= 4 is 22.9 Å². The Balaban J connectivity index is 1.90. The van der Waals surface area contributed by atoms with Gasteiger partial charge in [-0.15, -0.1) is 0 Å². The molecule has 3 heterocycles. The monoisotopic (exact) mass is 541 g/mol. The Labute approximate surface area is 232 Å². The molecule has 0 bridgehead atoms. The van der Waals surface area contributed by atoms with Crippen LogP contribution in [0.2, 0.25) is 0 Å². The van der Waals surface area contributed by atoms with Crippen LogP contribution in [0.1, 0.15) is 19.4 Å². The van der Waals surface area contributed by atoms with Crippen molar-refractivity contribution < 1.29 is 8.78 Å². The number of likely N-dealkylation sites (N-methyl/N-ethyl adjacent to an activating group) is 1. The number of aromatic amines is 2. The fourth-order valence-corrected chi connectivity index (χ4v) is 4.48. The van der Waals surface area contributed by atoms with E-state index in [0.29, 0.717) is 51.1 Å². The maximum Gasteiger partial charge on any atom is 0.159 e. The van der Waals surface area contributed by atoms with Crippen LogP contribution in [0.25, 0.3) is 45.6 Å². The van der Waals surface area contributed by atoms with Crippen molar-refractivity contribution in [2.75, 3.05) is 21.1 Å². The molecule has 0 amide bonds. The molecule has 0 radical (unpaired) electrons. The summed E-state index contributed by atoms with van der Waals surface area (Å²) in [6.45, 7) is 12.0. The summed E-state index contributed by atoms with van der Waals surface area (Å²) in [7, 11) is 5.58. The number of allylic oxidation sites excluding steroid dienone is 5. The van der Waals surface area contributed by atoms with E-state index in [1.54, 1.807) is 44.6 Å². The number of H-pyrrole nitrogens is 2. The first-order valence-corrected chi connectivity index (χ1v) is 12.8. The summed E-state index contributed by atoms with van der Waals surface area (Å²) in [4.78, 5) is 14.2. The lowest BCUT2D eigenvalue weighted by atomic mass is 10.0. The Kier molecular flexibility index (Phi) is 8.55. The van der Waals surface area contributed by atoms with Crippen molar-refractivity contribution in [1.29, 1.82) is 0 Å². The zero-order valence-electron chi connectivity index (χ0n) is 23.4. The van der Waals surface area contributed by atoms with E-state index in [1.165, 1.54) is 12.1 Å². The number of benzene rings is 1. The molecular formula is C31H33F2N7. The molecule has 4 rings (SSSR count). The summed E-state index contributed by atoms with van der Waals surface area (Å²) < 4.78 is 30.7. The normalized spacial score (nSPS) is 13.6. The van der Waals surface area contributed by atoms with Crippen LogP contribution >= 0.6 is 0 Å². The molecule has 3 aromatic heterocycles. The van der Waals surface area contributed by atoms with Crippen LogP contribution in [0.5, 0.6) is 0 Å². The number of hydrogen-bond acceptors (Lipinski definition) is 5. The summed E-state index contributed by atoms with van der Waals surface area (Å²) in [5.41, 5.74) is 5.17. The molecule has 0 saturated carbocycles. The fourth-order valence-electron chi connectivity index (χ4n) is 4.48. The van der Waals surface area contributed by atoms with Gasteiger partial charge < -0.3 is 15.2 Å². The van der Waals surface area contributed by atoms with Crippen LogP contribution in [0.4, 0.5) is 8.78 Å². The molecule has 0 aliphatic carbocycles. The van der Waals surface area contributed by atoms with Gasteiger partial charge in [0, 0.05) is 43.7 Å². The molecule has 7 nitrogen and oxygen atoms in total. The predicted octanol–water partition coefficient (Wildman–Crippen LogP) is 4.89.